The number of rotatable bonds is 7. The van der Waals surface area contributed by atoms with E-state index in [0.29, 0.717) is 5.92 Å². The highest BCUT2D eigenvalue weighted by Gasteiger charge is 2.10. The third kappa shape index (κ3) is 4.43. The second kappa shape index (κ2) is 7.41. The Bertz CT molecular complexity index is 580. The Kier molecular flexibility index (Phi) is 5.57. The van der Waals surface area contributed by atoms with Crippen LogP contribution in [0.15, 0.2) is 30.3 Å². The van der Waals surface area contributed by atoms with E-state index in [2.05, 4.69) is 56.2 Å². The lowest BCUT2D eigenvalue weighted by Gasteiger charge is -2.17. The van der Waals surface area contributed by atoms with Gasteiger partial charge < -0.3 is 10.1 Å². The summed E-state index contributed by atoms with van der Waals surface area (Å²) in [6.45, 7) is 10.5. The van der Waals surface area contributed by atoms with Crippen LogP contribution in [0, 0.1) is 5.92 Å². The molecule has 114 valence electrons. The summed E-state index contributed by atoms with van der Waals surface area (Å²) in [6, 6.07) is 10.3. The maximum atomic E-state index is 6.02. The van der Waals surface area contributed by atoms with Gasteiger partial charge in [0.2, 0.25) is 5.88 Å². The molecule has 1 unspecified atom stereocenters. The summed E-state index contributed by atoms with van der Waals surface area (Å²) in [4.78, 5) is 4.64. The third-order valence-corrected chi connectivity index (χ3v) is 3.47. The van der Waals surface area contributed by atoms with Crippen molar-refractivity contribution in [1.29, 1.82) is 0 Å². The number of para-hydroxylation sites is 1. The summed E-state index contributed by atoms with van der Waals surface area (Å²) in [5.41, 5.74) is 2.24. The number of hydrogen-bond donors (Lipinski definition) is 1. The van der Waals surface area contributed by atoms with Crippen LogP contribution in [0.2, 0.25) is 0 Å². The molecule has 0 aliphatic heterocycles. The maximum absolute atomic E-state index is 6.02. The van der Waals surface area contributed by atoms with Crippen molar-refractivity contribution in [2.24, 2.45) is 5.92 Å². The minimum atomic E-state index is 0.186. The number of pyridine rings is 1. The van der Waals surface area contributed by atoms with Crippen LogP contribution < -0.4 is 10.1 Å². The van der Waals surface area contributed by atoms with Gasteiger partial charge in [0.25, 0.3) is 0 Å². The van der Waals surface area contributed by atoms with Crippen molar-refractivity contribution >= 4 is 10.9 Å². The normalized spacial score (nSPS) is 12.8. The van der Waals surface area contributed by atoms with Crippen LogP contribution in [0.4, 0.5) is 0 Å². The van der Waals surface area contributed by atoms with Crippen LogP contribution in [0.1, 0.15) is 39.7 Å². The summed E-state index contributed by atoms with van der Waals surface area (Å²) in [7, 11) is 0. The first-order valence-corrected chi connectivity index (χ1v) is 7.86. The molecule has 2 rings (SSSR count). The zero-order valence-electron chi connectivity index (χ0n) is 13.5. The Labute approximate surface area is 127 Å². The molecule has 0 amide bonds. The molecule has 1 atom stereocenters. The summed E-state index contributed by atoms with van der Waals surface area (Å²) in [6.07, 6.45) is 1.22. The van der Waals surface area contributed by atoms with Gasteiger partial charge >= 0.3 is 0 Å². The largest absolute Gasteiger partial charge is 0.475 e. The van der Waals surface area contributed by atoms with Crippen molar-refractivity contribution in [3.05, 3.63) is 35.9 Å². The fourth-order valence-electron chi connectivity index (χ4n) is 2.60. The fourth-order valence-corrected chi connectivity index (χ4v) is 2.60. The highest BCUT2D eigenvalue weighted by Crippen LogP contribution is 2.23. The van der Waals surface area contributed by atoms with E-state index in [1.807, 2.05) is 12.1 Å². The maximum Gasteiger partial charge on any atom is 0.214 e. The zero-order chi connectivity index (χ0) is 15.2. The molecule has 3 nitrogen and oxygen atoms in total. The van der Waals surface area contributed by atoms with Gasteiger partial charge in [-0.2, -0.15) is 0 Å². The molecule has 0 bridgehead atoms. The molecular formula is C18H26N2O. The van der Waals surface area contributed by atoms with E-state index in [0.717, 1.165) is 30.9 Å². The topological polar surface area (TPSA) is 34.1 Å². The predicted molar refractivity (Wildman–Crippen MR) is 88.7 cm³/mol. The number of benzene rings is 1. The van der Waals surface area contributed by atoms with Crippen molar-refractivity contribution in [3.8, 4) is 5.88 Å². The lowest BCUT2D eigenvalue weighted by Crippen LogP contribution is -2.16. The second-order valence-electron chi connectivity index (χ2n) is 5.98. The van der Waals surface area contributed by atoms with E-state index in [-0.39, 0.29) is 6.10 Å². The van der Waals surface area contributed by atoms with E-state index in [1.54, 1.807) is 0 Å². The van der Waals surface area contributed by atoms with Gasteiger partial charge in [-0.1, -0.05) is 39.0 Å². The Hall–Kier alpha value is -1.61. The molecule has 2 aromatic rings. The Balaban J connectivity index is 2.27. The summed E-state index contributed by atoms with van der Waals surface area (Å²) in [5, 5.41) is 4.58. The number of hydrogen-bond acceptors (Lipinski definition) is 3. The Morgan fingerprint density at radius 1 is 1.19 bits per heavy atom. The lowest BCUT2D eigenvalue weighted by atomic mass is 10.1. The van der Waals surface area contributed by atoms with Gasteiger partial charge in [0, 0.05) is 18.0 Å². The standard InChI is InChI=1S/C18H26N2O/c1-5-19-12-15-11-18(21-14(4)10-13(2)3)20-17-9-7-6-8-16(15)17/h6-9,11,13-14,19H,5,10,12H2,1-4H3. The van der Waals surface area contributed by atoms with Crippen LogP contribution >= 0.6 is 0 Å². The third-order valence-electron chi connectivity index (χ3n) is 3.47. The molecule has 1 aromatic carbocycles. The quantitative estimate of drug-likeness (QED) is 0.830. The number of nitrogens with one attached hydrogen (secondary N) is 1. The molecule has 0 saturated carbocycles. The predicted octanol–water partition coefficient (Wildman–Crippen LogP) is 4.16. The smallest absolute Gasteiger partial charge is 0.214 e. The molecule has 3 heteroatoms. The number of fused-ring (bicyclic) bond motifs is 1. The van der Waals surface area contributed by atoms with E-state index in [4.69, 9.17) is 4.74 Å². The minimum Gasteiger partial charge on any atom is -0.475 e. The van der Waals surface area contributed by atoms with Gasteiger partial charge in [-0.05, 0) is 37.4 Å². The van der Waals surface area contributed by atoms with Gasteiger partial charge in [-0.25, -0.2) is 4.98 Å². The van der Waals surface area contributed by atoms with Crippen LogP contribution in [0.3, 0.4) is 0 Å². The van der Waals surface area contributed by atoms with Crippen molar-refractivity contribution in [3.63, 3.8) is 0 Å². The molecule has 1 aromatic heterocycles. The van der Waals surface area contributed by atoms with Gasteiger partial charge in [0.1, 0.15) is 0 Å². The average Bonchev–Trinajstić information content (AvgIpc) is 2.43. The minimum absolute atomic E-state index is 0.186. The van der Waals surface area contributed by atoms with Crippen molar-refractivity contribution in [2.45, 2.75) is 46.8 Å². The number of ether oxygens (including phenoxy) is 1. The Morgan fingerprint density at radius 3 is 2.67 bits per heavy atom. The monoisotopic (exact) mass is 286 g/mol. The average molecular weight is 286 g/mol. The first kappa shape index (κ1) is 15.8. The van der Waals surface area contributed by atoms with Gasteiger partial charge in [0.15, 0.2) is 0 Å². The summed E-state index contributed by atoms with van der Waals surface area (Å²) >= 11 is 0. The highest BCUT2D eigenvalue weighted by atomic mass is 16.5. The molecular weight excluding hydrogens is 260 g/mol. The second-order valence-corrected chi connectivity index (χ2v) is 5.98. The molecule has 1 N–H and O–H groups in total. The Morgan fingerprint density at radius 2 is 1.95 bits per heavy atom. The van der Waals surface area contributed by atoms with Gasteiger partial charge in [0.05, 0.1) is 11.6 Å². The van der Waals surface area contributed by atoms with E-state index in [9.17, 15) is 0 Å². The molecule has 0 aliphatic rings. The molecule has 0 saturated heterocycles. The van der Waals surface area contributed by atoms with Crippen molar-refractivity contribution < 1.29 is 4.74 Å². The first-order valence-electron chi connectivity index (χ1n) is 7.86. The van der Waals surface area contributed by atoms with Crippen molar-refractivity contribution in [1.82, 2.24) is 10.3 Å². The molecule has 0 fully saturated rings. The van der Waals surface area contributed by atoms with E-state index < -0.39 is 0 Å². The van der Waals surface area contributed by atoms with Crippen LogP contribution in [0.5, 0.6) is 5.88 Å². The number of aromatic nitrogens is 1. The fraction of sp³-hybridized carbons (Fsp3) is 0.500. The molecule has 21 heavy (non-hydrogen) atoms. The molecule has 1 heterocycles. The van der Waals surface area contributed by atoms with E-state index in [1.165, 1.54) is 10.9 Å². The lowest BCUT2D eigenvalue weighted by molar-refractivity contribution is 0.186. The van der Waals surface area contributed by atoms with Crippen LogP contribution in [0.25, 0.3) is 10.9 Å². The first-order chi connectivity index (χ1) is 10.1. The molecule has 0 radical (unpaired) electrons. The van der Waals surface area contributed by atoms with Crippen LogP contribution in [-0.2, 0) is 6.54 Å². The van der Waals surface area contributed by atoms with Gasteiger partial charge in [-0.3, -0.25) is 0 Å². The molecule has 0 aliphatic carbocycles. The van der Waals surface area contributed by atoms with Gasteiger partial charge in [-0.15, -0.1) is 0 Å². The highest BCUT2D eigenvalue weighted by molar-refractivity contribution is 5.82. The number of nitrogens with zero attached hydrogens (tertiary/aromatic N) is 1. The van der Waals surface area contributed by atoms with Crippen molar-refractivity contribution in [2.75, 3.05) is 6.54 Å². The van der Waals surface area contributed by atoms with E-state index >= 15 is 0 Å². The summed E-state index contributed by atoms with van der Waals surface area (Å²) in [5.74, 6) is 1.36. The van der Waals surface area contributed by atoms with Crippen LogP contribution in [-0.4, -0.2) is 17.6 Å². The zero-order valence-corrected chi connectivity index (χ0v) is 13.5. The SMILES string of the molecule is CCNCc1cc(OC(C)CC(C)C)nc2ccccc12. The summed E-state index contributed by atoms with van der Waals surface area (Å²) < 4.78 is 6.02. The molecule has 0 spiro atoms.